The Labute approximate surface area is 109 Å². The summed E-state index contributed by atoms with van der Waals surface area (Å²) in [5.74, 6) is 0. The molecule has 0 bridgehead atoms. The Balaban J connectivity index is 2.20. The zero-order valence-corrected chi connectivity index (χ0v) is 11.9. The van der Waals surface area contributed by atoms with E-state index in [1.54, 1.807) is 0 Å². The molecule has 16 heavy (non-hydrogen) atoms. The molecule has 0 saturated carbocycles. The van der Waals surface area contributed by atoms with Crippen LogP contribution < -0.4 is 5.32 Å². The van der Waals surface area contributed by atoms with Crippen molar-refractivity contribution in [2.75, 3.05) is 20.3 Å². The minimum absolute atomic E-state index is 0.386. The molecule has 88 valence electrons. The molecule has 1 fully saturated rings. The van der Waals surface area contributed by atoms with Crippen LogP contribution in [0, 0.1) is 0 Å². The summed E-state index contributed by atoms with van der Waals surface area (Å²) in [6.07, 6.45) is 0. The highest BCUT2D eigenvalue weighted by molar-refractivity contribution is 9.10. The largest absolute Gasteiger partial charge is 0.379 e. The molecule has 0 aliphatic carbocycles. The van der Waals surface area contributed by atoms with Crippen LogP contribution in [0.5, 0.6) is 0 Å². The van der Waals surface area contributed by atoms with Gasteiger partial charge in [-0.2, -0.15) is 0 Å². The molecule has 0 spiro atoms. The number of thioether (sulfide) groups is 1. The van der Waals surface area contributed by atoms with Gasteiger partial charge in [0.2, 0.25) is 0 Å². The first kappa shape index (κ1) is 12.4. The normalized spacial score (nSPS) is 18.2. The summed E-state index contributed by atoms with van der Waals surface area (Å²) in [5.41, 5.74) is 1.36. The van der Waals surface area contributed by atoms with Crippen LogP contribution in [-0.4, -0.2) is 25.5 Å². The monoisotopic (exact) mass is 301 g/mol. The van der Waals surface area contributed by atoms with E-state index in [9.17, 15) is 0 Å². The van der Waals surface area contributed by atoms with Crippen LogP contribution in [-0.2, 0) is 4.74 Å². The third-order valence-corrected chi connectivity index (χ3v) is 4.48. The minimum Gasteiger partial charge on any atom is -0.379 e. The molecule has 1 heterocycles. The highest BCUT2D eigenvalue weighted by Crippen LogP contribution is 2.35. The van der Waals surface area contributed by atoms with Crippen LogP contribution in [0.1, 0.15) is 18.5 Å². The maximum absolute atomic E-state index is 5.22. The standard InChI is InChI=1S/C12H16BrNOS/c1-8(14-2)11-4-3-9(13)5-12(11)16-10-6-15-7-10/h3-5,8,10,14H,6-7H2,1-2H3. The van der Waals surface area contributed by atoms with E-state index in [0.29, 0.717) is 11.3 Å². The van der Waals surface area contributed by atoms with E-state index in [1.807, 2.05) is 18.8 Å². The first-order valence-corrected chi connectivity index (χ1v) is 7.09. The first-order chi connectivity index (χ1) is 7.70. The Bertz CT molecular complexity index is 368. The summed E-state index contributed by atoms with van der Waals surface area (Å²) >= 11 is 5.45. The van der Waals surface area contributed by atoms with Crippen LogP contribution in [0.3, 0.4) is 0 Å². The summed E-state index contributed by atoms with van der Waals surface area (Å²) < 4.78 is 6.36. The van der Waals surface area contributed by atoms with Gasteiger partial charge in [-0.15, -0.1) is 11.8 Å². The van der Waals surface area contributed by atoms with Crippen molar-refractivity contribution in [3.8, 4) is 0 Å². The lowest BCUT2D eigenvalue weighted by atomic mass is 10.1. The lowest BCUT2D eigenvalue weighted by Crippen LogP contribution is -2.30. The maximum Gasteiger partial charge on any atom is 0.0611 e. The molecule has 1 aromatic rings. The molecule has 1 saturated heterocycles. The fourth-order valence-corrected chi connectivity index (χ4v) is 3.36. The average Bonchev–Trinajstić information content (AvgIpc) is 2.22. The number of benzene rings is 1. The van der Waals surface area contributed by atoms with Crippen LogP contribution in [0.2, 0.25) is 0 Å². The smallest absolute Gasteiger partial charge is 0.0611 e. The third-order valence-electron chi connectivity index (χ3n) is 2.78. The van der Waals surface area contributed by atoms with E-state index in [4.69, 9.17) is 4.74 Å². The molecule has 2 rings (SSSR count). The second kappa shape index (κ2) is 5.54. The topological polar surface area (TPSA) is 21.3 Å². The average molecular weight is 302 g/mol. The van der Waals surface area contributed by atoms with Crippen molar-refractivity contribution in [2.45, 2.75) is 23.1 Å². The number of hydrogen-bond donors (Lipinski definition) is 1. The number of halogens is 1. The zero-order chi connectivity index (χ0) is 11.5. The predicted octanol–water partition coefficient (Wildman–Crippen LogP) is 3.22. The Hall–Kier alpha value is -0.0300. The highest BCUT2D eigenvalue weighted by Gasteiger charge is 2.21. The minimum atomic E-state index is 0.386. The first-order valence-electron chi connectivity index (χ1n) is 5.42. The summed E-state index contributed by atoms with van der Waals surface area (Å²) in [6.45, 7) is 3.94. The number of hydrogen-bond acceptors (Lipinski definition) is 3. The summed E-state index contributed by atoms with van der Waals surface area (Å²) in [5, 5.41) is 3.91. The van der Waals surface area contributed by atoms with E-state index in [1.165, 1.54) is 10.5 Å². The van der Waals surface area contributed by atoms with Gasteiger partial charge in [0.15, 0.2) is 0 Å². The summed E-state index contributed by atoms with van der Waals surface area (Å²) in [6, 6.07) is 6.88. The molecule has 4 heteroatoms. The third kappa shape index (κ3) is 2.80. The molecule has 0 radical (unpaired) electrons. The maximum atomic E-state index is 5.22. The summed E-state index contributed by atoms with van der Waals surface area (Å²) in [7, 11) is 1.99. The van der Waals surface area contributed by atoms with Crippen LogP contribution in [0.25, 0.3) is 0 Å². The van der Waals surface area contributed by atoms with Gasteiger partial charge in [-0.3, -0.25) is 0 Å². The van der Waals surface area contributed by atoms with Crippen molar-refractivity contribution >= 4 is 27.7 Å². The van der Waals surface area contributed by atoms with Gasteiger partial charge in [-0.25, -0.2) is 0 Å². The quantitative estimate of drug-likeness (QED) is 0.923. The van der Waals surface area contributed by atoms with Gasteiger partial charge in [0.25, 0.3) is 0 Å². The Morgan fingerprint density at radius 1 is 1.50 bits per heavy atom. The van der Waals surface area contributed by atoms with Crippen LogP contribution in [0.15, 0.2) is 27.6 Å². The fourth-order valence-electron chi connectivity index (χ4n) is 1.59. The van der Waals surface area contributed by atoms with Crippen molar-refractivity contribution in [2.24, 2.45) is 0 Å². The number of ether oxygens (including phenoxy) is 1. The number of rotatable bonds is 4. The van der Waals surface area contributed by atoms with Gasteiger partial charge in [-0.05, 0) is 31.7 Å². The van der Waals surface area contributed by atoms with Crippen LogP contribution >= 0.6 is 27.7 Å². The molecular weight excluding hydrogens is 286 g/mol. The fraction of sp³-hybridized carbons (Fsp3) is 0.500. The van der Waals surface area contributed by atoms with Gasteiger partial charge in [0.1, 0.15) is 0 Å². The predicted molar refractivity (Wildman–Crippen MR) is 72.1 cm³/mol. The van der Waals surface area contributed by atoms with Gasteiger partial charge in [0, 0.05) is 15.4 Å². The SMILES string of the molecule is CNC(C)c1ccc(Br)cc1SC1COC1. The second-order valence-electron chi connectivity index (χ2n) is 3.97. The van der Waals surface area contributed by atoms with E-state index in [0.717, 1.165) is 17.7 Å². The zero-order valence-electron chi connectivity index (χ0n) is 9.50. The molecule has 2 nitrogen and oxygen atoms in total. The van der Waals surface area contributed by atoms with E-state index in [-0.39, 0.29) is 0 Å². The van der Waals surface area contributed by atoms with Gasteiger partial charge < -0.3 is 10.1 Å². The Kier molecular flexibility index (Phi) is 4.30. The van der Waals surface area contributed by atoms with E-state index in [2.05, 4.69) is 46.4 Å². The van der Waals surface area contributed by atoms with Crippen molar-refractivity contribution in [3.05, 3.63) is 28.2 Å². The Morgan fingerprint density at radius 3 is 2.81 bits per heavy atom. The molecule has 0 aromatic heterocycles. The molecule has 1 unspecified atom stereocenters. The van der Waals surface area contributed by atoms with Crippen molar-refractivity contribution in [1.82, 2.24) is 5.32 Å². The van der Waals surface area contributed by atoms with Gasteiger partial charge >= 0.3 is 0 Å². The molecule has 1 N–H and O–H groups in total. The van der Waals surface area contributed by atoms with Gasteiger partial charge in [-0.1, -0.05) is 22.0 Å². The second-order valence-corrected chi connectivity index (χ2v) is 6.23. The summed E-state index contributed by atoms with van der Waals surface area (Å²) in [4.78, 5) is 1.35. The van der Waals surface area contributed by atoms with Crippen molar-refractivity contribution < 1.29 is 4.74 Å². The number of nitrogens with one attached hydrogen (secondary N) is 1. The van der Waals surface area contributed by atoms with E-state index >= 15 is 0 Å². The lowest BCUT2D eigenvalue weighted by Gasteiger charge is -2.27. The molecule has 1 atom stereocenters. The molecular formula is C12H16BrNOS. The van der Waals surface area contributed by atoms with Crippen LogP contribution in [0.4, 0.5) is 0 Å². The lowest BCUT2D eigenvalue weighted by molar-refractivity contribution is 0.0455. The van der Waals surface area contributed by atoms with E-state index < -0.39 is 0 Å². The van der Waals surface area contributed by atoms with Crippen molar-refractivity contribution in [3.63, 3.8) is 0 Å². The molecule has 1 aliphatic heterocycles. The molecule has 0 amide bonds. The van der Waals surface area contributed by atoms with Crippen molar-refractivity contribution in [1.29, 1.82) is 0 Å². The molecule has 1 aliphatic rings. The molecule has 1 aromatic carbocycles. The van der Waals surface area contributed by atoms with Gasteiger partial charge in [0.05, 0.1) is 18.5 Å². The Morgan fingerprint density at radius 2 is 2.25 bits per heavy atom. The highest BCUT2D eigenvalue weighted by atomic mass is 79.9.